The molecule has 2 heterocycles. The molecule has 0 aliphatic carbocycles. The number of rotatable bonds is 5. The second-order valence-corrected chi connectivity index (χ2v) is 12.1. The first-order chi connectivity index (χ1) is 24.3. The SMILES string of the molecule is CC1(C)C(/C=C/c2cc([N+](=O)[O-])ccc2[O-])=[N+](CC(=O)N2CCOCCOCCOCCOCCOCCOCCOCC2)c2ccccc21.[K+]. The van der Waals surface area contributed by atoms with E-state index in [0.717, 1.165) is 17.0 Å². The fraction of sp³-hybridized carbons (Fsp3) is 0.556. The molecule has 15 heteroatoms. The maximum Gasteiger partial charge on any atom is 1.00 e. The van der Waals surface area contributed by atoms with Gasteiger partial charge in [0.05, 0.1) is 103 Å². The van der Waals surface area contributed by atoms with Crippen LogP contribution >= 0.6 is 0 Å². The number of carbonyl (C=O) groups excluding carboxylic acids is 1. The molecule has 0 unspecified atom stereocenters. The number of carbonyl (C=O) groups is 1. The third-order valence-corrected chi connectivity index (χ3v) is 8.31. The van der Waals surface area contributed by atoms with Gasteiger partial charge in [0.15, 0.2) is 5.71 Å². The van der Waals surface area contributed by atoms with E-state index in [4.69, 9.17) is 33.2 Å². The van der Waals surface area contributed by atoms with Crippen molar-refractivity contribution >= 4 is 29.1 Å². The molecule has 274 valence electrons. The van der Waals surface area contributed by atoms with E-state index in [2.05, 4.69) is 0 Å². The molecule has 51 heavy (non-hydrogen) atoms. The second kappa shape index (κ2) is 23.5. The van der Waals surface area contributed by atoms with Gasteiger partial charge in [0.1, 0.15) is 0 Å². The van der Waals surface area contributed by atoms with Crippen molar-refractivity contribution in [2.24, 2.45) is 0 Å². The van der Waals surface area contributed by atoms with Crippen molar-refractivity contribution in [1.82, 2.24) is 4.90 Å². The number of ether oxygens (including phenoxy) is 7. The molecule has 0 radical (unpaired) electrons. The quantitative estimate of drug-likeness (QED) is 0.172. The first kappa shape index (κ1) is 43.3. The van der Waals surface area contributed by atoms with Crippen LogP contribution in [0.15, 0.2) is 48.5 Å². The Morgan fingerprint density at radius 2 is 1.24 bits per heavy atom. The van der Waals surface area contributed by atoms with Gasteiger partial charge in [-0.25, -0.2) is 0 Å². The van der Waals surface area contributed by atoms with Crippen molar-refractivity contribution in [3.63, 3.8) is 0 Å². The number of nitro benzene ring substituents is 1. The number of para-hydroxylation sites is 1. The van der Waals surface area contributed by atoms with Crippen molar-refractivity contribution in [1.29, 1.82) is 0 Å². The monoisotopic (exact) mass is 738 g/mol. The van der Waals surface area contributed by atoms with Crippen LogP contribution in [0.1, 0.15) is 25.0 Å². The van der Waals surface area contributed by atoms with E-state index in [-0.39, 0.29) is 80.8 Å². The Labute approximate surface area is 342 Å². The van der Waals surface area contributed by atoms with Gasteiger partial charge in [-0.3, -0.25) is 14.9 Å². The minimum absolute atomic E-state index is 0. The van der Waals surface area contributed by atoms with Gasteiger partial charge in [0.2, 0.25) is 12.2 Å². The van der Waals surface area contributed by atoms with Crippen LogP contribution in [0, 0.1) is 10.1 Å². The van der Waals surface area contributed by atoms with Crippen LogP contribution in [0.4, 0.5) is 11.4 Å². The Morgan fingerprint density at radius 1 is 0.765 bits per heavy atom. The van der Waals surface area contributed by atoms with Crippen molar-refractivity contribution < 1.29 is 104 Å². The van der Waals surface area contributed by atoms with Crippen molar-refractivity contribution in [3.05, 3.63) is 69.8 Å². The number of amides is 1. The molecule has 0 spiro atoms. The summed E-state index contributed by atoms with van der Waals surface area (Å²) >= 11 is 0. The van der Waals surface area contributed by atoms with Crippen molar-refractivity contribution in [3.8, 4) is 5.75 Å². The molecule has 4 rings (SSSR count). The summed E-state index contributed by atoms with van der Waals surface area (Å²) in [5.41, 5.74) is 2.18. The van der Waals surface area contributed by atoms with E-state index in [1.54, 1.807) is 17.1 Å². The number of nitro groups is 1. The predicted molar refractivity (Wildman–Crippen MR) is 183 cm³/mol. The number of nitrogens with zero attached hydrogens (tertiary/aromatic N) is 3. The molecule has 1 fully saturated rings. The molecule has 14 nitrogen and oxygen atoms in total. The maximum absolute atomic E-state index is 14.0. The van der Waals surface area contributed by atoms with Crippen LogP contribution < -0.4 is 56.5 Å². The van der Waals surface area contributed by atoms with Crippen molar-refractivity contribution in [2.45, 2.75) is 19.3 Å². The fourth-order valence-corrected chi connectivity index (χ4v) is 5.63. The van der Waals surface area contributed by atoms with E-state index in [1.807, 2.05) is 42.7 Å². The van der Waals surface area contributed by atoms with Gasteiger partial charge < -0.3 is 43.2 Å². The van der Waals surface area contributed by atoms with E-state index in [0.29, 0.717) is 106 Å². The van der Waals surface area contributed by atoms with Gasteiger partial charge in [-0.1, -0.05) is 24.3 Å². The van der Waals surface area contributed by atoms with Gasteiger partial charge in [0, 0.05) is 42.9 Å². The molecule has 0 saturated carbocycles. The average Bonchev–Trinajstić information content (AvgIpc) is 3.31. The van der Waals surface area contributed by atoms with Gasteiger partial charge in [0.25, 0.3) is 11.6 Å². The summed E-state index contributed by atoms with van der Waals surface area (Å²) in [5, 5.41) is 23.9. The summed E-state index contributed by atoms with van der Waals surface area (Å²) in [6.45, 7) is 10.7. The van der Waals surface area contributed by atoms with Crippen LogP contribution in [0.3, 0.4) is 0 Å². The van der Waals surface area contributed by atoms with Crippen LogP contribution in [-0.2, 0) is 43.4 Å². The Kier molecular flexibility index (Phi) is 20.0. The number of benzene rings is 2. The average molecular weight is 739 g/mol. The van der Waals surface area contributed by atoms with Crippen LogP contribution in [0.25, 0.3) is 6.08 Å². The molecule has 2 aliphatic rings. The summed E-state index contributed by atoms with van der Waals surface area (Å²) in [6, 6.07) is 11.5. The minimum atomic E-state index is -0.531. The molecule has 2 aromatic carbocycles. The summed E-state index contributed by atoms with van der Waals surface area (Å²) in [4.78, 5) is 26.5. The van der Waals surface area contributed by atoms with E-state index >= 15 is 0 Å². The molecule has 0 N–H and O–H groups in total. The largest absolute Gasteiger partial charge is 1.00 e. The number of hydrogen-bond acceptors (Lipinski definition) is 11. The summed E-state index contributed by atoms with van der Waals surface area (Å²) < 4.78 is 41.2. The Bertz CT molecular complexity index is 1430. The number of fused-ring (bicyclic) bond motifs is 1. The Hall–Kier alpha value is -2.12. The fourth-order valence-electron chi connectivity index (χ4n) is 5.63. The number of allylic oxidation sites excluding steroid dienone is 1. The van der Waals surface area contributed by atoms with Gasteiger partial charge in [-0.2, -0.15) is 4.58 Å². The molecule has 1 amide bonds. The molecular weight excluding hydrogens is 690 g/mol. The zero-order valence-corrected chi connectivity index (χ0v) is 33.2. The molecule has 0 atom stereocenters. The molecule has 0 aromatic heterocycles. The predicted octanol–water partition coefficient (Wildman–Crippen LogP) is -0.280. The van der Waals surface area contributed by atoms with E-state index in [1.165, 1.54) is 18.2 Å². The molecule has 1 saturated heterocycles. The Balaban J connectivity index is 0.00000702. The topological polar surface area (TPSA) is 154 Å². The number of non-ortho nitro benzene ring substituents is 1. The molecule has 2 aliphatic heterocycles. The first-order valence-corrected chi connectivity index (χ1v) is 17.0. The van der Waals surface area contributed by atoms with E-state index < -0.39 is 10.3 Å². The third-order valence-electron chi connectivity index (χ3n) is 8.31. The maximum atomic E-state index is 14.0. The number of hydrogen-bond donors (Lipinski definition) is 0. The Morgan fingerprint density at radius 3 is 1.73 bits per heavy atom. The zero-order valence-electron chi connectivity index (χ0n) is 30.0. The zero-order chi connectivity index (χ0) is 35.6. The van der Waals surface area contributed by atoms with Gasteiger partial charge >= 0.3 is 51.4 Å². The van der Waals surface area contributed by atoms with Crippen molar-refractivity contribution in [2.75, 3.05) is 112 Å². The third kappa shape index (κ3) is 14.0. The summed E-state index contributed by atoms with van der Waals surface area (Å²) in [6.07, 6.45) is 3.36. The molecule has 2 aromatic rings. The normalized spacial score (nSPS) is 19.5. The van der Waals surface area contributed by atoms with Crippen LogP contribution in [0.2, 0.25) is 0 Å². The smallest absolute Gasteiger partial charge is 0.872 e. The molecule has 0 bridgehead atoms. The first-order valence-electron chi connectivity index (χ1n) is 17.0. The second-order valence-electron chi connectivity index (χ2n) is 12.1. The minimum Gasteiger partial charge on any atom is -0.872 e. The summed E-state index contributed by atoms with van der Waals surface area (Å²) in [7, 11) is 0. The molecular formula is C36H49KN3O11+. The van der Waals surface area contributed by atoms with Crippen LogP contribution in [0.5, 0.6) is 5.75 Å². The van der Waals surface area contributed by atoms with Crippen LogP contribution in [-0.4, -0.2) is 138 Å². The summed E-state index contributed by atoms with van der Waals surface area (Å²) in [5.74, 6) is -0.468. The van der Waals surface area contributed by atoms with E-state index in [9.17, 15) is 20.0 Å². The standard InChI is InChI=1S/C36H49N3O11.K/c1-36(2)31-5-3-4-6-32(31)38(34(36)10-7-29-27-30(39(42)43)8-9-33(29)40)28-35(41)37-11-13-44-15-17-46-19-21-48-23-25-50-26-24-49-22-20-47-18-16-45-14-12-37;/h3-10,27H,11-26,28H2,1-2H3;/q;+1. The van der Waals surface area contributed by atoms with Gasteiger partial charge in [-0.15, -0.1) is 5.75 Å². The van der Waals surface area contributed by atoms with Gasteiger partial charge in [-0.05, 0) is 25.5 Å².